The highest BCUT2D eigenvalue weighted by Gasteiger charge is 2.01. The van der Waals surface area contributed by atoms with E-state index >= 15 is 0 Å². The lowest BCUT2D eigenvalue weighted by atomic mass is 10.1. The van der Waals surface area contributed by atoms with Gasteiger partial charge in [0.2, 0.25) is 0 Å². The molecule has 0 unspecified atom stereocenters. The second kappa shape index (κ2) is 4.66. The monoisotopic (exact) mass is 158 g/mol. The van der Waals surface area contributed by atoms with Crippen molar-refractivity contribution in [2.75, 3.05) is 0 Å². The van der Waals surface area contributed by atoms with Gasteiger partial charge in [0.05, 0.1) is 6.42 Å². The maximum Gasteiger partial charge on any atom is 0.307 e. The molecule has 0 aliphatic carbocycles. The summed E-state index contributed by atoms with van der Waals surface area (Å²) in [6.07, 6.45) is 1.59. The number of hydrogen-bond acceptors (Lipinski definition) is 1. The Morgan fingerprint density at radius 3 is 2.55 bits per heavy atom. The first-order valence-electron chi connectivity index (χ1n) is 3.32. The molecule has 11 heavy (non-hydrogen) atoms. The van der Waals surface area contributed by atoms with Crippen LogP contribution in [0, 0.1) is 0 Å². The van der Waals surface area contributed by atoms with Crippen molar-refractivity contribution >= 4 is 5.97 Å². The molecule has 0 saturated carbocycles. The van der Waals surface area contributed by atoms with Gasteiger partial charge in [0.15, 0.2) is 0 Å². The Balaban J connectivity index is 4.16. The summed E-state index contributed by atoms with van der Waals surface area (Å²) in [5.74, 6) is -1.54. The van der Waals surface area contributed by atoms with Crippen LogP contribution in [0.4, 0.5) is 4.39 Å². The minimum Gasteiger partial charge on any atom is -0.481 e. The maximum absolute atomic E-state index is 12.1. The van der Waals surface area contributed by atoms with Crippen LogP contribution >= 0.6 is 0 Å². The third kappa shape index (κ3) is 5.33. The summed E-state index contributed by atoms with van der Waals surface area (Å²) in [6.45, 7) is 4.79. The van der Waals surface area contributed by atoms with E-state index < -0.39 is 11.8 Å². The van der Waals surface area contributed by atoms with E-state index in [1.807, 2.05) is 0 Å². The molecule has 2 nitrogen and oxygen atoms in total. The molecule has 0 amide bonds. The zero-order chi connectivity index (χ0) is 8.85. The predicted octanol–water partition coefficient (Wildman–Crippen LogP) is 2.28. The molecular formula is C8H11FO2. The van der Waals surface area contributed by atoms with Gasteiger partial charge in [-0.25, -0.2) is 4.39 Å². The van der Waals surface area contributed by atoms with Crippen molar-refractivity contribution in [2.45, 2.75) is 19.8 Å². The van der Waals surface area contributed by atoms with E-state index in [2.05, 4.69) is 6.58 Å². The fourth-order valence-electron chi connectivity index (χ4n) is 0.694. The fraction of sp³-hybridized carbons (Fsp3) is 0.375. The van der Waals surface area contributed by atoms with Crippen LogP contribution in [0.5, 0.6) is 0 Å². The number of halogens is 1. The molecule has 0 aliphatic heterocycles. The number of rotatable bonds is 4. The highest BCUT2D eigenvalue weighted by Crippen LogP contribution is 2.09. The summed E-state index contributed by atoms with van der Waals surface area (Å²) in [5.41, 5.74) is 0.546. The SMILES string of the molecule is C=C(F)/C=C(\CC)CC(=O)O. The van der Waals surface area contributed by atoms with E-state index in [4.69, 9.17) is 5.11 Å². The first kappa shape index (κ1) is 9.88. The molecule has 0 aromatic rings. The molecule has 1 N–H and O–H groups in total. The molecule has 3 heteroatoms. The third-order valence-corrected chi connectivity index (χ3v) is 1.19. The second-order valence-electron chi connectivity index (χ2n) is 2.17. The van der Waals surface area contributed by atoms with Crippen molar-refractivity contribution in [3.05, 3.63) is 24.1 Å². The highest BCUT2D eigenvalue weighted by atomic mass is 19.1. The average Bonchev–Trinajstić information content (AvgIpc) is 1.84. The van der Waals surface area contributed by atoms with Gasteiger partial charge in [-0.05, 0) is 12.5 Å². The molecule has 0 saturated heterocycles. The summed E-state index contributed by atoms with van der Waals surface area (Å²) in [4.78, 5) is 10.2. The summed E-state index contributed by atoms with van der Waals surface area (Å²) in [6, 6.07) is 0. The van der Waals surface area contributed by atoms with Crippen molar-refractivity contribution in [3.8, 4) is 0 Å². The lowest BCUT2D eigenvalue weighted by Gasteiger charge is -1.97. The van der Waals surface area contributed by atoms with Gasteiger partial charge in [0.25, 0.3) is 0 Å². The minimum atomic E-state index is -0.945. The zero-order valence-corrected chi connectivity index (χ0v) is 6.43. The Morgan fingerprint density at radius 1 is 1.73 bits per heavy atom. The van der Waals surface area contributed by atoms with Crippen molar-refractivity contribution in [3.63, 3.8) is 0 Å². The summed E-state index contributed by atoms with van der Waals surface area (Å²) in [5, 5.41) is 8.33. The Kier molecular flexibility index (Phi) is 4.18. The van der Waals surface area contributed by atoms with Gasteiger partial charge in [0, 0.05) is 0 Å². The van der Waals surface area contributed by atoms with Crippen LogP contribution in [0.1, 0.15) is 19.8 Å². The molecule has 0 atom stereocenters. The van der Waals surface area contributed by atoms with Crippen molar-refractivity contribution in [1.82, 2.24) is 0 Å². The lowest BCUT2D eigenvalue weighted by Crippen LogP contribution is -1.96. The van der Waals surface area contributed by atoms with Gasteiger partial charge >= 0.3 is 5.97 Å². The number of hydrogen-bond donors (Lipinski definition) is 1. The predicted molar refractivity (Wildman–Crippen MR) is 40.9 cm³/mol. The molecule has 0 bridgehead atoms. The number of carboxylic acid groups (broad SMARTS) is 1. The number of carboxylic acids is 1. The van der Waals surface area contributed by atoms with Crippen molar-refractivity contribution in [1.29, 1.82) is 0 Å². The Hall–Kier alpha value is -1.12. The van der Waals surface area contributed by atoms with Gasteiger partial charge in [-0.3, -0.25) is 4.79 Å². The minimum absolute atomic E-state index is 0.112. The summed E-state index contributed by atoms with van der Waals surface area (Å²) in [7, 11) is 0. The molecule has 0 heterocycles. The summed E-state index contributed by atoms with van der Waals surface area (Å²) < 4.78 is 12.1. The Labute approximate surface area is 65.0 Å². The number of allylic oxidation sites excluding steroid dienone is 2. The number of aliphatic carboxylic acids is 1. The van der Waals surface area contributed by atoms with Crippen LogP contribution in [0.3, 0.4) is 0 Å². The van der Waals surface area contributed by atoms with Gasteiger partial charge in [-0.1, -0.05) is 19.1 Å². The van der Waals surface area contributed by atoms with Crippen LogP contribution in [-0.2, 0) is 4.79 Å². The van der Waals surface area contributed by atoms with Crippen molar-refractivity contribution in [2.24, 2.45) is 0 Å². The van der Waals surface area contributed by atoms with E-state index in [0.717, 1.165) is 6.08 Å². The zero-order valence-electron chi connectivity index (χ0n) is 6.43. The van der Waals surface area contributed by atoms with Crippen LogP contribution in [0.15, 0.2) is 24.1 Å². The topological polar surface area (TPSA) is 37.3 Å². The van der Waals surface area contributed by atoms with E-state index in [0.29, 0.717) is 12.0 Å². The van der Waals surface area contributed by atoms with Gasteiger partial charge in [-0.15, -0.1) is 0 Å². The lowest BCUT2D eigenvalue weighted by molar-refractivity contribution is -0.136. The first-order chi connectivity index (χ1) is 5.06. The second-order valence-corrected chi connectivity index (χ2v) is 2.17. The Morgan fingerprint density at radius 2 is 2.27 bits per heavy atom. The fourth-order valence-corrected chi connectivity index (χ4v) is 0.694. The van der Waals surface area contributed by atoms with Crippen LogP contribution in [0.2, 0.25) is 0 Å². The third-order valence-electron chi connectivity index (χ3n) is 1.19. The van der Waals surface area contributed by atoms with Gasteiger partial charge < -0.3 is 5.11 Å². The molecule has 0 aliphatic rings. The van der Waals surface area contributed by atoms with Gasteiger partial charge in [-0.2, -0.15) is 0 Å². The summed E-state index contributed by atoms with van der Waals surface area (Å²) >= 11 is 0. The van der Waals surface area contributed by atoms with E-state index in [1.165, 1.54) is 0 Å². The average molecular weight is 158 g/mol. The quantitative estimate of drug-likeness (QED) is 0.637. The molecule has 0 rings (SSSR count). The van der Waals surface area contributed by atoms with Gasteiger partial charge in [0.1, 0.15) is 5.83 Å². The normalized spacial score (nSPS) is 11.3. The Bertz CT molecular complexity index is 194. The molecule has 0 aromatic heterocycles. The highest BCUT2D eigenvalue weighted by molar-refractivity contribution is 5.70. The molecule has 62 valence electrons. The molecule has 0 spiro atoms. The van der Waals surface area contributed by atoms with E-state index in [9.17, 15) is 9.18 Å². The molecular weight excluding hydrogens is 147 g/mol. The van der Waals surface area contributed by atoms with E-state index in [1.54, 1.807) is 6.92 Å². The maximum atomic E-state index is 12.1. The largest absolute Gasteiger partial charge is 0.481 e. The first-order valence-corrected chi connectivity index (χ1v) is 3.32. The van der Waals surface area contributed by atoms with Crippen LogP contribution in [-0.4, -0.2) is 11.1 Å². The van der Waals surface area contributed by atoms with Crippen molar-refractivity contribution < 1.29 is 14.3 Å². The molecule has 0 aromatic carbocycles. The molecule has 0 radical (unpaired) electrons. The molecule has 0 fully saturated rings. The number of carbonyl (C=O) groups is 1. The standard InChI is InChI=1S/C8H11FO2/c1-3-7(4-6(2)9)5-8(10)11/h4H,2-3,5H2,1H3,(H,10,11)/b7-4+. The smallest absolute Gasteiger partial charge is 0.307 e. The van der Waals surface area contributed by atoms with Crippen LogP contribution < -0.4 is 0 Å². The van der Waals surface area contributed by atoms with E-state index in [-0.39, 0.29) is 6.42 Å². The van der Waals surface area contributed by atoms with Crippen LogP contribution in [0.25, 0.3) is 0 Å².